The van der Waals surface area contributed by atoms with Crippen molar-refractivity contribution in [1.29, 1.82) is 0 Å². The van der Waals surface area contributed by atoms with Gasteiger partial charge in [-0.25, -0.2) is 0 Å². The fourth-order valence-electron chi connectivity index (χ4n) is 3.48. The Balaban J connectivity index is 2.37. The highest BCUT2D eigenvalue weighted by atomic mass is 16.1. The third-order valence-electron chi connectivity index (χ3n) is 3.80. The molecular weight excluding hydrogens is 160 g/mol. The van der Waals surface area contributed by atoms with E-state index in [0.717, 1.165) is 19.3 Å². The van der Waals surface area contributed by atoms with Gasteiger partial charge < -0.3 is 0 Å². The second-order valence-corrected chi connectivity index (χ2v) is 5.15. The SMILES string of the molecule is CC1=C[C@@H](C)[C@H]2C(=O)CC[C@@]2(C)C1. The Bertz CT molecular complexity index is 277. The average Bonchev–Trinajstić information content (AvgIpc) is 2.26. The molecule has 0 spiro atoms. The van der Waals surface area contributed by atoms with Crippen LogP contribution >= 0.6 is 0 Å². The number of carbonyl (C=O) groups excluding carboxylic acids is 1. The van der Waals surface area contributed by atoms with Gasteiger partial charge in [-0.05, 0) is 31.1 Å². The molecule has 72 valence electrons. The normalized spacial score (nSPS) is 44.5. The van der Waals surface area contributed by atoms with E-state index in [1.54, 1.807) is 0 Å². The molecule has 0 aromatic rings. The van der Waals surface area contributed by atoms with E-state index in [2.05, 4.69) is 26.8 Å². The second-order valence-electron chi connectivity index (χ2n) is 5.15. The predicted octanol–water partition coefficient (Wildman–Crippen LogP) is 2.96. The molecule has 1 heteroatoms. The van der Waals surface area contributed by atoms with Crippen LogP contribution in [0.4, 0.5) is 0 Å². The minimum atomic E-state index is 0.287. The molecule has 0 aromatic heterocycles. The van der Waals surface area contributed by atoms with Crippen LogP contribution in [0.2, 0.25) is 0 Å². The zero-order valence-electron chi connectivity index (χ0n) is 8.76. The molecule has 2 rings (SSSR count). The highest BCUT2D eigenvalue weighted by molar-refractivity contribution is 5.85. The number of allylic oxidation sites excluding steroid dienone is 2. The van der Waals surface area contributed by atoms with Crippen LogP contribution in [0.5, 0.6) is 0 Å². The first-order valence-corrected chi connectivity index (χ1v) is 5.23. The molecule has 2 aliphatic carbocycles. The van der Waals surface area contributed by atoms with Crippen LogP contribution in [0.1, 0.15) is 40.0 Å². The molecule has 0 saturated heterocycles. The van der Waals surface area contributed by atoms with Gasteiger partial charge in [0.05, 0.1) is 0 Å². The lowest BCUT2D eigenvalue weighted by molar-refractivity contribution is -0.123. The third kappa shape index (κ3) is 1.25. The van der Waals surface area contributed by atoms with Crippen LogP contribution in [0.25, 0.3) is 0 Å². The summed E-state index contributed by atoms with van der Waals surface area (Å²) in [5.41, 5.74) is 1.76. The van der Waals surface area contributed by atoms with Crippen LogP contribution in [0.3, 0.4) is 0 Å². The standard InChI is InChI=1S/C12H18O/c1-8-6-9(2)11-10(13)4-5-12(11,3)7-8/h6,9,11H,4-5,7H2,1-3H3/t9-,11+,12+/m1/s1. The van der Waals surface area contributed by atoms with E-state index in [1.165, 1.54) is 5.57 Å². The van der Waals surface area contributed by atoms with Gasteiger partial charge in [-0.15, -0.1) is 0 Å². The summed E-state index contributed by atoms with van der Waals surface area (Å²) in [6, 6.07) is 0. The minimum absolute atomic E-state index is 0.287. The van der Waals surface area contributed by atoms with Gasteiger partial charge in [-0.1, -0.05) is 25.5 Å². The molecule has 3 atom stereocenters. The van der Waals surface area contributed by atoms with Crippen molar-refractivity contribution >= 4 is 5.78 Å². The molecule has 0 bridgehead atoms. The lowest BCUT2D eigenvalue weighted by atomic mass is 9.66. The van der Waals surface area contributed by atoms with Gasteiger partial charge in [0.25, 0.3) is 0 Å². The lowest BCUT2D eigenvalue weighted by Crippen LogP contribution is -2.33. The average molecular weight is 178 g/mol. The molecule has 1 fully saturated rings. The zero-order valence-corrected chi connectivity index (χ0v) is 8.76. The third-order valence-corrected chi connectivity index (χ3v) is 3.80. The van der Waals surface area contributed by atoms with Gasteiger partial charge in [-0.2, -0.15) is 0 Å². The van der Waals surface area contributed by atoms with Crippen LogP contribution in [0, 0.1) is 17.3 Å². The summed E-state index contributed by atoms with van der Waals surface area (Å²) in [6.07, 6.45) is 5.34. The molecule has 0 radical (unpaired) electrons. The van der Waals surface area contributed by atoms with Crippen molar-refractivity contribution in [3.05, 3.63) is 11.6 Å². The first-order chi connectivity index (χ1) is 6.03. The van der Waals surface area contributed by atoms with Crippen LogP contribution in [0.15, 0.2) is 11.6 Å². The van der Waals surface area contributed by atoms with Crippen molar-refractivity contribution in [3.8, 4) is 0 Å². The Kier molecular flexibility index (Phi) is 1.86. The van der Waals surface area contributed by atoms with Crippen molar-refractivity contribution in [3.63, 3.8) is 0 Å². The van der Waals surface area contributed by atoms with Crippen molar-refractivity contribution in [2.75, 3.05) is 0 Å². The van der Waals surface area contributed by atoms with E-state index in [4.69, 9.17) is 0 Å². The molecule has 0 N–H and O–H groups in total. The molecule has 1 saturated carbocycles. The molecular formula is C12H18O. The van der Waals surface area contributed by atoms with E-state index in [9.17, 15) is 4.79 Å². The maximum atomic E-state index is 11.7. The Morgan fingerprint density at radius 3 is 2.92 bits per heavy atom. The molecule has 2 aliphatic rings. The number of Topliss-reactive ketones (excluding diaryl/α,β-unsaturated/α-hetero) is 1. The quantitative estimate of drug-likeness (QED) is 0.521. The van der Waals surface area contributed by atoms with Gasteiger partial charge in [0, 0.05) is 12.3 Å². The van der Waals surface area contributed by atoms with Gasteiger partial charge in [0.15, 0.2) is 0 Å². The minimum Gasteiger partial charge on any atom is -0.299 e. The van der Waals surface area contributed by atoms with Crippen molar-refractivity contribution in [1.82, 2.24) is 0 Å². The highest BCUT2D eigenvalue weighted by Gasteiger charge is 2.48. The Morgan fingerprint density at radius 1 is 1.54 bits per heavy atom. The summed E-state index contributed by atoms with van der Waals surface area (Å²) >= 11 is 0. The van der Waals surface area contributed by atoms with Crippen molar-refractivity contribution in [2.24, 2.45) is 17.3 Å². The van der Waals surface area contributed by atoms with E-state index in [-0.39, 0.29) is 5.41 Å². The van der Waals surface area contributed by atoms with Crippen molar-refractivity contribution < 1.29 is 4.79 Å². The summed E-state index contributed by atoms with van der Waals surface area (Å²) < 4.78 is 0. The number of fused-ring (bicyclic) bond motifs is 1. The van der Waals surface area contributed by atoms with Crippen LogP contribution in [-0.2, 0) is 4.79 Å². The van der Waals surface area contributed by atoms with Gasteiger partial charge in [-0.3, -0.25) is 4.79 Å². The fraction of sp³-hybridized carbons (Fsp3) is 0.750. The number of rotatable bonds is 0. The second kappa shape index (κ2) is 2.70. The summed E-state index contributed by atoms with van der Waals surface area (Å²) in [6.45, 7) is 6.67. The van der Waals surface area contributed by atoms with Crippen LogP contribution < -0.4 is 0 Å². The molecule has 0 aromatic carbocycles. The Labute approximate surface area is 80.2 Å². The topological polar surface area (TPSA) is 17.1 Å². The van der Waals surface area contributed by atoms with E-state index >= 15 is 0 Å². The van der Waals surface area contributed by atoms with Crippen LogP contribution in [-0.4, -0.2) is 5.78 Å². The number of carbonyl (C=O) groups is 1. The van der Waals surface area contributed by atoms with E-state index in [0.29, 0.717) is 17.6 Å². The van der Waals surface area contributed by atoms with Gasteiger partial charge in [0.2, 0.25) is 0 Å². The van der Waals surface area contributed by atoms with E-state index < -0.39 is 0 Å². The van der Waals surface area contributed by atoms with Gasteiger partial charge in [0.1, 0.15) is 5.78 Å². The van der Waals surface area contributed by atoms with Gasteiger partial charge >= 0.3 is 0 Å². The molecule has 0 heterocycles. The maximum absolute atomic E-state index is 11.7. The molecule has 1 nitrogen and oxygen atoms in total. The molecule has 0 amide bonds. The zero-order chi connectivity index (χ0) is 9.64. The number of ketones is 1. The summed E-state index contributed by atoms with van der Waals surface area (Å²) in [7, 11) is 0. The summed E-state index contributed by atoms with van der Waals surface area (Å²) in [5.74, 6) is 1.28. The Morgan fingerprint density at radius 2 is 2.23 bits per heavy atom. The fourth-order valence-corrected chi connectivity index (χ4v) is 3.48. The monoisotopic (exact) mass is 178 g/mol. The predicted molar refractivity (Wildman–Crippen MR) is 53.4 cm³/mol. The molecule has 0 aliphatic heterocycles. The largest absolute Gasteiger partial charge is 0.299 e. The summed E-state index contributed by atoms with van der Waals surface area (Å²) in [5, 5.41) is 0. The van der Waals surface area contributed by atoms with Crippen molar-refractivity contribution in [2.45, 2.75) is 40.0 Å². The summed E-state index contributed by atoms with van der Waals surface area (Å²) in [4.78, 5) is 11.7. The maximum Gasteiger partial charge on any atom is 0.137 e. The van der Waals surface area contributed by atoms with E-state index in [1.807, 2.05) is 0 Å². The number of hydrogen-bond acceptors (Lipinski definition) is 1. The first-order valence-electron chi connectivity index (χ1n) is 5.23. The first kappa shape index (κ1) is 8.98. The Hall–Kier alpha value is -0.590. The molecule has 0 unspecified atom stereocenters. The molecule has 13 heavy (non-hydrogen) atoms. The smallest absolute Gasteiger partial charge is 0.137 e. The highest BCUT2D eigenvalue weighted by Crippen LogP contribution is 2.51. The number of hydrogen-bond donors (Lipinski definition) is 0. The lowest BCUT2D eigenvalue weighted by Gasteiger charge is -2.38.